The molecule has 0 fully saturated rings. The van der Waals surface area contributed by atoms with E-state index in [0.717, 1.165) is 32.5 Å². The number of rotatable bonds is 9. The van der Waals surface area contributed by atoms with Crippen molar-refractivity contribution in [3.05, 3.63) is 0 Å². The quantitative estimate of drug-likeness (QED) is 0.640. The molecule has 0 saturated heterocycles. The number of nitrogens with one attached hydrogen (secondary N) is 1. The van der Waals surface area contributed by atoms with Gasteiger partial charge < -0.3 is 16.0 Å². The molecule has 17 heavy (non-hydrogen) atoms. The second-order valence-electron chi connectivity index (χ2n) is 4.96. The van der Waals surface area contributed by atoms with Crippen LogP contribution in [0, 0.1) is 5.92 Å². The van der Waals surface area contributed by atoms with Gasteiger partial charge in [0.15, 0.2) is 0 Å². The third kappa shape index (κ3) is 8.16. The number of hydrogen-bond acceptors (Lipinski definition) is 3. The van der Waals surface area contributed by atoms with E-state index in [4.69, 9.17) is 5.73 Å². The van der Waals surface area contributed by atoms with Gasteiger partial charge in [-0.1, -0.05) is 27.7 Å². The number of amides is 1. The summed E-state index contributed by atoms with van der Waals surface area (Å²) in [5, 5.41) is 2.91. The molecular weight excluding hydrogens is 214 g/mol. The maximum atomic E-state index is 11.7. The molecule has 1 atom stereocenters. The molecule has 0 aliphatic rings. The number of carbonyl (C=O) groups excluding carboxylic acids is 1. The Labute approximate surface area is 106 Å². The van der Waals surface area contributed by atoms with Crippen LogP contribution >= 0.6 is 0 Å². The fourth-order valence-corrected chi connectivity index (χ4v) is 1.83. The summed E-state index contributed by atoms with van der Waals surface area (Å²) in [4.78, 5) is 14.0. The highest BCUT2D eigenvalue weighted by Crippen LogP contribution is 2.02. The molecule has 0 aliphatic carbocycles. The highest BCUT2D eigenvalue weighted by atomic mass is 16.2. The van der Waals surface area contributed by atoms with Crippen LogP contribution in [0.3, 0.4) is 0 Å². The Morgan fingerprint density at radius 1 is 1.29 bits per heavy atom. The predicted molar refractivity (Wildman–Crippen MR) is 72.8 cm³/mol. The van der Waals surface area contributed by atoms with Crippen LogP contribution in [0.5, 0.6) is 0 Å². The summed E-state index contributed by atoms with van der Waals surface area (Å²) in [6.07, 6.45) is 1.90. The largest absolute Gasteiger partial charge is 0.353 e. The Morgan fingerprint density at radius 2 is 1.94 bits per heavy atom. The van der Waals surface area contributed by atoms with Crippen molar-refractivity contribution < 1.29 is 4.79 Å². The van der Waals surface area contributed by atoms with Gasteiger partial charge in [-0.15, -0.1) is 0 Å². The van der Waals surface area contributed by atoms with Crippen molar-refractivity contribution in [2.24, 2.45) is 11.7 Å². The van der Waals surface area contributed by atoms with Gasteiger partial charge in [0.05, 0.1) is 6.04 Å². The number of nitrogens with two attached hydrogens (primary N) is 1. The standard InChI is InChI=1S/C13H29N3O/c1-5-8-16(6-2)9-7-15-13(17)12(14)10-11(3)4/h11-12H,5-10,14H2,1-4H3,(H,15,17)/t12-/m1/s1. The van der Waals surface area contributed by atoms with Gasteiger partial charge in [-0.25, -0.2) is 0 Å². The van der Waals surface area contributed by atoms with Gasteiger partial charge in [0, 0.05) is 13.1 Å². The van der Waals surface area contributed by atoms with Crippen molar-refractivity contribution in [2.75, 3.05) is 26.2 Å². The minimum absolute atomic E-state index is 0.0220. The molecule has 0 aromatic carbocycles. The van der Waals surface area contributed by atoms with Crippen LogP contribution in [0.4, 0.5) is 0 Å². The summed E-state index contributed by atoms with van der Waals surface area (Å²) in [5.41, 5.74) is 5.80. The first-order valence-corrected chi connectivity index (χ1v) is 6.76. The second kappa shape index (κ2) is 9.42. The smallest absolute Gasteiger partial charge is 0.236 e. The normalized spacial score (nSPS) is 13.1. The number of nitrogens with zero attached hydrogens (tertiary/aromatic N) is 1. The fourth-order valence-electron chi connectivity index (χ4n) is 1.83. The van der Waals surface area contributed by atoms with Gasteiger partial charge in [0.25, 0.3) is 0 Å². The summed E-state index contributed by atoms with van der Waals surface area (Å²) in [6, 6.07) is -0.365. The van der Waals surface area contributed by atoms with E-state index < -0.39 is 0 Å². The molecule has 0 radical (unpaired) electrons. The van der Waals surface area contributed by atoms with E-state index in [9.17, 15) is 4.79 Å². The van der Waals surface area contributed by atoms with Crippen LogP contribution in [-0.2, 0) is 4.79 Å². The van der Waals surface area contributed by atoms with Crippen molar-refractivity contribution >= 4 is 5.91 Å². The van der Waals surface area contributed by atoms with Crippen LogP contribution in [0.25, 0.3) is 0 Å². The molecule has 0 rings (SSSR count). The molecule has 102 valence electrons. The van der Waals surface area contributed by atoms with E-state index in [2.05, 4.69) is 37.9 Å². The highest BCUT2D eigenvalue weighted by Gasteiger charge is 2.14. The molecule has 4 heteroatoms. The Kier molecular flexibility index (Phi) is 9.09. The van der Waals surface area contributed by atoms with Gasteiger partial charge in [0.2, 0.25) is 5.91 Å². The van der Waals surface area contributed by atoms with Gasteiger partial charge >= 0.3 is 0 Å². The van der Waals surface area contributed by atoms with Crippen LogP contribution in [0.15, 0.2) is 0 Å². The summed E-state index contributed by atoms with van der Waals surface area (Å²) in [7, 11) is 0. The zero-order valence-corrected chi connectivity index (χ0v) is 11.8. The van der Waals surface area contributed by atoms with Gasteiger partial charge in [0.1, 0.15) is 0 Å². The Morgan fingerprint density at radius 3 is 2.41 bits per heavy atom. The molecule has 3 N–H and O–H groups in total. The lowest BCUT2D eigenvalue weighted by molar-refractivity contribution is -0.122. The van der Waals surface area contributed by atoms with Crippen molar-refractivity contribution in [1.82, 2.24) is 10.2 Å². The first kappa shape index (κ1) is 16.4. The molecule has 0 aromatic rings. The summed E-state index contributed by atoms with van der Waals surface area (Å²) >= 11 is 0. The second-order valence-corrected chi connectivity index (χ2v) is 4.96. The summed E-state index contributed by atoms with van der Waals surface area (Å²) in [5.74, 6) is 0.439. The molecule has 0 unspecified atom stereocenters. The lowest BCUT2D eigenvalue weighted by Crippen LogP contribution is -2.44. The van der Waals surface area contributed by atoms with E-state index in [1.807, 2.05) is 0 Å². The topological polar surface area (TPSA) is 58.4 Å². The maximum absolute atomic E-state index is 11.7. The number of carbonyl (C=O) groups is 1. The molecule has 0 aliphatic heterocycles. The average Bonchev–Trinajstić information content (AvgIpc) is 2.26. The number of likely N-dealkylation sites (N-methyl/N-ethyl adjacent to an activating group) is 1. The predicted octanol–water partition coefficient (Wildman–Crippen LogP) is 1.21. The summed E-state index contributed by atoms with van der Waals surface area (Å²) < 4.78 is 0. The van der Waals surface area contributed by atoms with Crippen molar-refractivity contribution in [2.45, 2.75) is 46.6 Å². The van der Waals surface area contributed by atoms with E-state index in [1.165, 1.54) is 0 Å². The molecule has 0 aromatic heterocycles. The zero-order valence-electron chi connectivity index (χ0n) is 11.8. The minimum Gasteiger partial charge on any atom is -0.353 e. The molecule has 1 amide bonds. The van der Waals surface area contributed by atoms with Crippen molar-refractivity contribution in [1.29, 1.82) is 0 Å². The van der Waals surface area contributed by atoms with Gasteiger partial charge in [-0.05, 0) is 31.8 Å². The molecule has 0 bridgehead atoms. The highest BCUT2D eigenvalue weighted by molar-refractivity contribution is 5.81. The zero-order chi connectivity index (χ0) is 13.3. The van der Waals surface area contributed by atoms with Crippen LogP contribution in [0.2, 0.25) is 0 Å². The monoisotopic (exact) mass is 243 g/mol. The summed E-state index contributed by atoms with van der Waals surface area (Å²) in [6.45, 7) is 12.2. The molecule has 4 nitrogen and oxygen atoms in total. The van der Waals surface area contributed by atoms with Gasteiger partial charge in [-0.2, -0.15) is 0 Å². The lowest BCUT2D eigenvalue weighted by atomic mass is 10.0. The molecule has 0 heterocycles. The third-order valence-electron chi connectivity index (χ3n) is 2.78. The first-order valence-electron chi connectivity index (χ1n) is 6.76. The molecular formula is C13H29N3O. The maximum Gasteiger partial charge on any atom is 0.236 e. The van der Waals surface area contributed by atoms with Crippen LogP contribution < -0.4 is 11.1 Å². The van der Waals surface area contributed by atoms with Gasteiger partial charge in [-0.3, -0.25) is 4.79 Å². The molecule has 0 saturated carbocycles. The fraction of sp³-hybridized carbons (Fsp3) is 0.923. The van der Waals surface area contributed by atoms with Crippen molar-refractivity contribution in [3.63, 3.8) is 0 Å². The van der Waals surface area contributed by atoms with E-state index in [-0.39, 0.29) is 11.9 Å². The van der Waals surface area contributed by atoms with E-state index in [0.29, 0.717) is 12.5 Å². The first-order chi connectivity index (χ1) is 8.01. The SMILES string of the molecule is CCCN(CC)CCNC(=O)[C@H](N)CC(C)C. The average molecular weight is 243 g/mol. The van der Waals surface area contributed by atoms with Crippen LogP contribution in [0.1, 0.15) is 40.5 Å². The van der Waals surface area contributed by atoms with E-state index in [1.54, 1.807) is 0 Å². The van der Waals surface area contributed by atoms with Crippen molar-refractivity contribution in [3.8, 4) is 0 Å². The Balaban J connectivity index is 3.75. The Hall–Kier alpha value is -0.610. The van der Waals surface area contributed by atoms with E-state index >= 15 is 0 Å². The minimum atomic E-state index is -0.365. The van der Waals surface area contributed by atoms with Crippen LogP contribution in [-0.4, -0.2) is 43.0 Å². The Bertz CT molecular complexity index is 207. The third-order valence-corrected chi connectivity index (χ3v) is 2.78. The molecule has 0 spiro atoms. The lowest BCUT2D eigenvalue weighted by Gasteiger charge is -2.20. The number of hydrogen-bond donors (Lipinski definition) is 2.